The Morgan fingerprint density at radius 3 is 1.74 bits per heavy atom. The first kappa shape index (κ1) is 26.7. The van der Waals surface area contributed by atoms with E-state index in [1.165, 1.54) is 24.5 Å². The van der Waals surface area contributed by atoms with Crippen molar-refractivity contribution in [1.82, 2.24) is 0 Å². The summed E-state index contributed by atoms with van der Waals surface area (Å²) in [5.41, 5.74) is 0. The van der Waals surface area contributed by atoms with Gasteiger partial charge < -0.3 is 4.74 Å². The van der Waals surface area contributed by atoms with Gasteiger partial charge in [0.2, 0.25) is 0 Å². The molecule has 0 radical (unpaired) electrons. The number of rotatable bonds is 10. The first-order valence-electron chi connectivity index (χ1n) is 13.0. The molecular formula is C36H32OS2+2. The molecule has 1 atom stereocenters. The van der Waals surface area contributed by atoms with Crippen LogP contribution in [0.5, 0.6) is 11.5 Å². The Hall–Kier alpha value is -3.92. The van der Waals surface area contributed by atoms with Gasteiger partial charge in [0.25, 0.3) is 0 Å². The van der Waals surface area contributed by atoms with Crippen LogP contribution in [0.3, 0.4) is 0 Å². The molecule has 4 aromatic rings. The highest BCUT2D eigenvalue weighted by atomic mass is 32.2. The minimum atomic E-state index is -0.194. The van der Waals surface area contributed by atoms with Crippen molar-refractivity contribution in [3.8, 4) is 11.5 Å². The van der Waals surface area contributed by atoms with E-state index in [0.29, 0.717) is 0 Å². The van der Waals surface area contributed by atoms with Crippen LogP contribution in [0.2, 0.25) is 0 Å². The molecule has 0 saturated heterocycles. The van der Waals surface area contributed by atoms with Gasteiger partial charge in [0.1, 0.15) is 16.4 Å². The van der Waals surface area contributed by atoms with Crippen molar-refractivity contribution >= 4 is 21.8 Å². The average Bonchev–Trinajstić information content (AvgIpc) is 3.00. The Balaban J connectivity index is 1.35. The molecule has 0 fully saturated rings. The molecule has 0 heterocycles. The molecule has 5 rings (SSSR count). The predicted molar refractivity (Wildman–Crippen MR) is 169 cm³/mol. The zero-order valence-electron chi connectivity index (χ0n) is 21.9. The summed E-state index contributed by atoms with van der Waals surface area (Å²) in [7, 11) is -0.366. The van der Waals surface area contributed by atoms with E-state index in [1.54, 1.807) is 6.08 Å². The van der Waals surface area contributed by atoms with Gasteiger partial charge in [0.15, 0.2) is 24.5 Å². The second-order valence-electron chi connectivity index (χ2n) is 8.94. The van der Waals surface area contributed by atoms with Crippen LogP contribution in [-0.2, 0) is 21.8 Å². The zero-order valence-corrected chi connectivity index (χ0v) is 23.5. The smallest absolute Gasteiger partial charge is 0.166 e. The van der Waals surface area contributed by atoms with E-state index in [2.05, 4.69) is 147 Å². The van der Waals surface area contributed by atoms with Crippen molar-refractivity contribution in [3.63, 3.8) is 0 Å². The lowest BCUT2D eigenvalue weighted by molar-refractivity contribution is 0.482. The summed E-state index contributed by atoms with van der Waals surface area (Å²) in [6, 6.07) is 38.4. The summed E-state index contributed by atoms with van der Waals surface area (Å²) >= 11 is 0. The molecule has 1 unspecified atom stereocenters. The van der Waals surface area contributed by atoms with Crippen molar-refractivity contribution in [3.05, 3.63) is 169 Å². The van der Waals surface area contributed by atoms with Crippen molar-refractivity contribution in [2.45, 2.75) is 32.4 Å². The summed E-state index contributed by atoms with van der Waals surface area (Å²) in [5.74, 6) is 1.65. The van der Waals surface area contributed by atoms with Crippen molar-refractivity contribution in [2.75, 3.05) is 0 Å². The molecule has 0 saturated carbocycles. The fourth-order valence-corrected chi connectivity index (χ4v) is 8.60. The van der Waals surface area contributed by atoms with Gasteiger partial charge in [-0.25, -0.2) is 0 Å². The van der Waals surface area contributed by atoms with Gasteiger partial charge >= 0.3 is 0 Å². The van der Waals surface area contributed by atoms with Gasteiger partial charge in [-0.05, 0) is 97.9 Å². The first-order chi connectivity index (χ1) is 19.2. The van der Waals surface area contributed by atoms with E-state index < -0.39 is 0 Å². The van der Waals surface area contributed by atoms with Crippen LogP contribution in [0.1, 0.15) is 12.8 Å². The molecule has 0 aromatic heterocycles. The van der Waals surface area contributed by atoms with Crippen molar-refractivity contribution in [2.24, 2.45) is 0 Å². The van der Waals surface area contributed by atoms with E-state index in [0.717, 1.165) is 29.2 Å². The fourth-order valence-electron chi connectivity index (χ4n) is 4.41. The highest BCUT2D eigenvalue weighted by Gasteiger charge is 2.31. The van der Waals surface area contributed by atoms with E-state index in [9.17, 15) is 0 Å². The third-order valence-electron chi connectivity index (χ3n) is 6.23. The Morgan fingerprint density at radius 1 is 0.692 bits per heavy atom. The van der Waals surface area contributed by atoms with Crippen LogP contribution in [0.15, 0.2) is 188 Å². The zero-order chi connectivity index (χ0) is 26.9. The van der Waals surface area contributed by atoms with Gasteiger partial charge in [-0.1, -0.05) is 67.3 Å². The highest BCUT2D eigenvalue weighted by Crippen LogP contribution is 2.36. The number of hydrogen-bond acceptors (Lipinski definition) is 1. The molecule has 3 heteroatoms. The molecule has 1 nitrogen and oxygen atoms in total. The molecule has 0 spiro atoms. The highest BCUT2D eigenvalue weighted by molar-refractivity contribution is 8.04. The lowest BCUT2D eigenvalue weighted by Crippen LogP contribution is -2.09. The third kappa shape index (κ3) is 6.75. The average molecular weight is 545 g/mol. The summed E-state index contributed by atoms with van der Waals surface area (Å²) in [4.78, 5) is 7.61. The lowest BCUT2D eigenvalue weighted by Gasteiger charge is -2.13. The van der Waals surface area contributed by atoms with Crippen LogP contribution in [0.4, 0.5) is 0 Å². The van der Waals surface area contributed by atoms with Crippen LogP contribution >= 0.6 is 0 Å². The first-order valence-corrected chi connectivity index (χ1v) is 15.5. The number of benzene rings is 4. The van der Waals surface area contributed by atoms with Crippen LogP contribution in [0, 0.1) is 0 Å². The van der Waals surface area contributed by atoms with E-state index >= 15 is 0 Å². The molecule has 0 aliphatic heterocycles. The van der Waals surface area contributed by atoms with Gasteiger partial charge in [0, 0.05) is 6.42 Å². The standard InChI is InChI=1S/C36H32OS2/c1-3-4-14-29(2)38(32-15-8-5-9-16-32)35-25-21-30(22-26-35)37-31-23-27-36(28-24-31)39(33-17-10-6-11-18-33)34-19-12-7-13-20-34/h3-8,10-15,17-28H,1-2,9,16H2/q+2/b14-4-. The molecule has 0 bridgehead atoms. The third-order valence-corrected chi connectivity index (χ3v) is 10.7. The maximum atomic E-state index is 6.26. The summed E-state index contributed by atoms with van der Waals surface area (Å²) in [5, 5.41) is 0. The molecule has 4 aromatic carbocycles. The predicted octanol–water partition coefficient (Wildman–Crippen LogP) is 10.0. The summed E-state index contributed by atoms with van der Waals surface area (Å²) < 4.78 is 6.26. The van der Waals surface area contributed by atoms with E-state index in [1.807, 2.05) is 6.08 Å². The number of allylic oxidation sites excluding steroid dienone is 7. The molecule has 192 valence electrons. The van der Waals surface area contributed by atoms with Crippen LogP contribution in [-0.4, -0.2) is 0 Å². The summed E-state index contributed by atoms with van der Waals surface area (Å²) in [6.45, 7) is 8.19. The van der Waals surface area contributed by atoms with Gasteiger partial charge in [-0.2, -0.15) is 0 Å². The molecular weight excluding hydrogens is 513 g/mol. The van der Waals surface area contributed by atoms with Crippen molar-refractivity contribution in [1.29, 1.82) is 0 Å². The maximum absolute atomic E-state index is 6.26. The Bertz CT molecular complexity index is 1440. The van der Waals surface area contributed by atoms with Crippen LogP contribution in [0.25, 0.3) is 0 Å². The number of hydrogen-bond donors (Lipinski definition) is 0. The van der Waals surface area contributed by atoms with Crippen LogP contribution < -0.4 is 4.74 Å². The minimum absolute atomic E-state index is 0.172. The second-order valence-corrected chi connectivity index (χ2v) is 13.1. The van der Waals surface area contributed by atoms with E-state index in [-0.39, 0.29) is 21.8 Å². The van der Waals surface area contributed by atoms with Crippen molar-refractivity contribution < 1.29 is 4.74 Å². The normalized spacial score (nSPS) is 13.7. The molecule has 1 aliphatic rings. The fraction of sp³-hybridized carbons (Fsp3) is 0.0556. The molecule has 39 heavy (non-hydrogen) atoms. The topological polar surface area (TPSA) is 9.23 Å². The Labute approximate surface area is 238 Å². The molecule has 1 aliphatic carbocycles. The second kappa shape index (κ2) is 13.2. The Morgan fingerprint density at radius 2 is 1.23 bits per heavy atom. The summed E-state index contributed by atoms with van der Waals surface area (Å²) in [6.07, 6.45) is 14.6. The van der Waals surface area contributed by atoms with Gasteiger partial charge in [-0.15, -0.1) is 0 Å². The lowest BCUT2D eigenvalue weighted by atomic mass is 10.2. The quantitative estimate of drug-likeness (QED) is 0.143. The minimum Gasteiger partial charge on any atom is -0.457 e. The van der Waals surface area contributed by atoms with Gasteiger partial charge in [0.05, 0.1) is 21.8 Å². The Kier molecular flexibility index (Phi) is 9.05. The monoisotopic (exact) mass is 544 g/mol. The van der Waals surface area contributed by atoms with E-state index in [4.69, 9.17) is 4.74 Å². The number of ether oxygens (including phenoxy) is 1. The van der Waals surface area contributed by atoms with Gasteiger partial charge in [-0.3, -0.25) is 0 Å². The SMILES string of the molecule is C=C/C=C\C(=C)[S+](C1=CC=CCC1)c1ccc(Oc2ccc([S+](c3ccccc3)c3ccccc3)cc2)cc1. The molecule has 0 N–H and O–H groups in total. The molecule has 0 amide bonds. The largest absolute Gasteiger partial charge is 0.457 e. The maximum Gasteiger partial charge on any atom is 0.166 e.